The molecule has 6 heteroatoms. The summed E-state index contributed by atoms with van der Waals surface area (Å²) in [6, 6.07) is 1.91. The number of hydrogen-bond donors (Lipinski definition) is 2. The zero-order valence-electron chi connectivity index (χ0n) is 14.3. The summed E-state index contributed by atoms with van der Waals surface area (Å²) in [4.78, 5) is 15.0. The molecule has 1 aromatic carbocycles. The molecule has 3 rings (SSSR count). The summed E-state index contributed by atoms with van der Waals surface area (Å²) in [5.74, 6) is -0.867. The molecule has 0 fully saturated rings. The number of rotatable bonds is 5. The highest BCUT2D eigenvalue weighted by Gasteiger charge is 2.42. The third-order valence-electron chi connectivity index (χ3n) is 4.82. The monoisotopic (exact) mass is 425 g/mol. The van der Waals surface area contributed by atoms with Crippen LogP contribution in [0.1, 0.15) is 43.0 Å². The Hall–Kier alpha value is -1.30. The molecule has 0 radical (unpaired) electrons. The van der Waals surface area contributed by atoms with E-state index in [-0.39, 0.29) is 6.42 Å². The van der Waals surface area contributed by atoms with Crippen molar-refractivity contribution in [3.63, 3.8) is 0 Å². The predicted octanol–water partition coefficient (Wildman–Crippen LogP) is 5.49. The minimum Gasteiger partial charge on any atom is -0.481 e. The number of H-pyrrole nitrogens is 1. The topological polar surface area (TPSA) is 62.3 Å². The lowest BCUT2D eigenvalue weighted by Gasteiger charge is -2.36. The molecular formula is C19H21BrClNO3. The van der Waals surface area contributed by atoms with Gasteiger partial charge in [-0.1, -0.05) is 23.8 Å². The smallest absolute Gasteiger partial charge is 0.306 e. The molecule has 0 saturated heterocycles. The van der Waals surface area contributed by atoms with Gasteiger partial charge in [-0.25, -0.2) is 0 Å². The van der Waals surface area contributed by atoms with Crippen molar-refractivity contribution in [1.82, 2.24) is 4.98 Å². The number of ether oxygens (including phenoxy) is 1. The molecule has 25 heavy (non-hydrogen) atoms. The van der Waals surface area contributed by atoms with Crippen LogP contribution in [-0.2, 0) is 21.6 Å². The third-order valence-corrected chi connectivity index (χ3v) is 6.14. The molecule has 0 amide bonds. The second kappa shape index (κ2) is 7.14. The Bertz CT molecular complexity index is 858. The average Bonchev–Trinajstić information content (AvgIpc) is 2.94. The van der Waals surface area contributed by atoms with E-state index in [1.807, 2.05) is 32.1 Å². The van der Waals surface area contributed by atoms with E-state index in [2.05, 4.69) is 20.9 Å². The highest BCUT2D eigenvalue weighted by atomic mass is 79.9. The molecule has 0 spiro atoms. The van der Waals surface area contributed by atoms with E-state index in [4.69, 9.17) is 16.3 Å². The van der Waals surface area contributed by atoms with Gasteiger partial charge in [0.1, 0.15) is 5.60 Å². The van der Waals surface area contributed by atoms with Gasteiger partial charge in [-0.3, -0.25) is 4.79 Å². The van der Waals surface area contributed by atoms with Crippen LogP contribution < -0.4 is 0 Å². The molecule has 0 bridgehead atoms. The first kappa shape index (κ1) is 18.5. The van der Waals surface area contributed by atoms with Crippen LogP contribution in [0.15, 0.2) is 22.7 Å². The minimum absolute atomic E-state index is 0.0708. The van der Waals surface area contributed by atoms with Gasteiger partial charge in [-0.05, 0) is 66.2 Å². The van der Waals surface area contributed by atoms with Gasteiger partial charge in [0.15, 0.2) is 0 Å². The summed E-state index contributed by atoms with van der Waals surface area (Å²) in [6.07, 6.45) is 6.04. The summed E-state index contributed by atoms with van der Waals surface area (Å²) in [5, 5.41) is 11.2. The number of aryl methyl sites for hydroxylation is 1. The molecule has 2 aromatic rings. The van der Waals surface area contributed by atoms with E-state index < -0.39 is 11.6 Å². The number of aromatic amines is 1. The van der Waals surface area contributed by atoms with Gasteiger partial charge < -0.3 is 14.8 Å². The second-order valence-corrected chi connectivity index (χ2v) is 7.69. The molecule has 1 aliphatic heterocycles. The maximum absolute atomic E-state index is 11.6. The highest BCUT2D eigenvalue weighted by molar-refractivity contribution is 9.10. The van der Waals surface area contributed by atoms with Crippen molar-refractivity contribution in [1.29, 1.82) is 0 Å². The molecule has 0 saturated carbocycles. The van der Waals surface area contributed by atoms with E-state index in [0.29, 0.717) is 18.1 Å². The number of carboxylic acids is 1. The number of hydrogen-bond acceptors (Lipinski definition) is 2. The fraction of sp³-hybridized carbons (Fsp3) is 0.421. The van der Waals surface area contributed by atoms with E-state index >= 15 is 0 Å². The molecule has 1 aromatic heterocycles. The molecule has 1 unspecified atom stereocenters. The van der Waals surface area contributed by atoms with Crippen LogP contribution in [0, 0.1) is 6.92 Å². The van der Waals surface area contributed by atoms with Crippen molar-refractivity contribution in [2.45, 2.75) is 45.1 Å². The Labute approximate surface area is 160 Å². The molecule has 2 N–H and O–H groups in total. The van der Waals surface area contributed by atoms with E-state index in [1.165, 1.54) is 0 Å². The molecule has 1 atom stereocenters. The predicted molar refractivity (Wildman–Crippen MR) is 103 cm³/mol. The molecule has 1 aliphatic rings. The van der Waals surface area contributed by atoms with Gasteiger partial charge in [0.2, 0.25) is 0 Å². The first-order chi connectivity index (χ1) is 11.9. The third kappa shape index (κ3) is 3.25. The average molecular weight is 427 g/mol. The first-order valence-corrected chi connectivity index (χ1v) is 9.53. The summed E-state index contributed by atoms with van der Waals surface area (Å²) in [7, 11) is 0. The maximum atomic E-state index is 11.6. The Morgan fingerprint density at radius 2 is 2.32 bits per heavy atom. The second-order valence-electron chi connectivity index (χ2n) is 6.49. The summed E-state index contributed by atoms with van der Waals surface area (Å²) in [5.41, 5.74) is 3.02. The molecule has 2 heterocycles. The number of benzene rings is 1. The lowest BCUT2D eigenvalue weighted by atomic mass is 9.84. The summed E-state index contributed by atoms with van der Waals surface area (Å²) in [6.45, 7) is 4.46. The zero-order valence-corrected chi connectivity index (χ0v) is 16.6. The Balaban J connectivity index is 2.22. The summed E-state index contributed by atoms with van der Waals surface area (Å²) >= 11 is 10.1. The van der Waals surface area contributed by atoms with Gasteiger partial charge in [0, 0.05) is 9.86 Å². The lowest BCUT2D eigenvalue weighted by molar-refractivity contribution is -0.149. The minimum atomic E-state index is -0.867. The Kier molecular flexibility index (Phi) is 5.28. The standard InChI is InChI=1S/C19H21BrClNO3/c1-3-4-5-7-19(10-14(23)24)18-12(6-8-25-19)15-16(20)11(2)9-13(21)17(15)22-18/h3-4,9,22H,5-8,10H2,1-2H3,(H,23,24)/b4-3+. The van der Waals surface area contributed by atoms with E-state index in [1.54, 1.807) is 0 Å². The fourth-order valence-corrected chi connectivity index (χ4v) is 4.55. The number of carboxylic acid groups (broad SMARTS) is 1. The molecule has 0 aliphatic carbocycles. The number of allylic oxidation sites excluding steroid dienone is 2. The van der Waals surface area contributed by atoms with Crippen LogP contribution in [-0.4, -0.2) is 22.7 Å². The van der Waals surface area contributed by atoms with E-state index in [9.17, 15) is 9.90 Å². The van der Waals surface area contributed by atoms with Crippen molar-refractivity contribution >= 4 is 44.4 Å². The summed E-state index contributed by atoms with van der Waals surface area (Å²) < 4.78 is 7.09. The zero-order chi connectivity index (χ0) is 18.2. The van der Waals surface area contributed by atoms with Gasteiger partial charge in [0.05, 0.1) is 29.3 Å². The van der Waals surface area contributed by atoms with Crippen LogP contribution in [0.3, 0.4) is 0 Å². The molecular weight excluding hydrogens is 406 g/mol. The largest absolute Gasteiger partial charge is 0.481 e. The number of fused-ring (bicyclic) bond motifs is 3. The Morgan fingerprint density at radius 1 is 1.56 bits per heavy atom. The lowest BCUT2D eigenvalue weighted by Crippen LogP contribution is -2.37. The van der Waals surface area contributed by atoms with Crippen LogP contribution in [0.4, 0.5) is 0 Å². The van der Waals surface area contributed by atoms with Gasteiger partial charge in [0.25, 0.3) is 0 Å². The van der Waals surface area contributed by atoms with Crippen molar-refractivity contribution < 1.29 is 14.6 Å². The molecule has 134 valence electrons. The maximum Gasteiger partial charge on any atom is 0.306 e. The quantitative estimate of drug-likeness (QED) is 0.621. The van der Waals surface area contributed by atoms with Gasteiger partial charge in [-0.2, -0.15) is 0 Å². The van der Waals surface area contributed by atoms with Crippen molar-refractivity contribution in [3.8, 4) is 0 Å². The van der Waals surface area contributed by atoms with Crippen molar-refractivity contribution in [2.75, 3.05) is 6.61 Å². The van der Waals surface area contributed by atoms with Crippen LogP contribution >= 0.6 is 27.5 Å². The van der Waals surface area contributed by atoms with Gasteiger partial charge in [-0.15, -0.1) is 0 Å². The Morgan fingerprint density at radius 3 is 3.00 bits per heavy atom. The van der Waals surface area contributed by atoms with E-state index in [0.717, 1.165) is 45.0 Å². The van der Waals surface area contributed by atoms with Crippen LogP contribution in [0.25, 0.3) is 10.9 Å². The van der Waals surface area contributed by atoms with Crippen molar-refractivity contribution in [3.05, 3.63) is 44.5 Å². The van der Waals surface area contributed by atoms with Crippen molar-refractivity contribution in [2.24, 2.45) is 0 Å². The van der Waals surface area contributed by atoms with Crippen LogP contribution in [0.5, 0.6) is 0 Å². The fourth-order valence-electron chi connectivity index (χ4n) is 3.69. The van der Waals surface area contributed by atoms with Crippen LogP contribution in [0.2, 0.25) is 5.02 Å². The first-order valence-electron chi connectivity index (χ1n) is 8.36. The van der Waals surface area contributed by atoms with Gasteiger partial charge >= 0.3 is 5.97 Å². The number of aromatic nitrogens is 1. The number of nitrogens with one attached hydrogen (secondary N) is 1. The SMILES string of the molecule is C/C=C/CCC1(CC(=O)O)OCCc2c1[nH]c1c(Cl)cc(C)c(Br)c21. The normalized spacial score (nSPS) is 20.3. The number of halogens is 2. The number of carbonyl (C=O) groups is 1. The number of aliphatic carboxylic acids is 1. The highest BCUT2D eigenvalue weighted by Crippen LogP contribution is 2.46. The molecule has 4 nitrogen and oxygen atoms in total.